The summed E-state index contributed by atoms with van der Waals surface area (Å²) in [5.41, 5.74) is 6.43. The van der Waals surface area contributed by atoms with E-state index in [-0.39, 0.29) is 18.1 Å². The number of phenols is 1. The lowest BCUT2D eigenvalue weighted by atomic mass is 9.98. The van der Waals surface area contributed by atoms with Crippen molar-refractivity contribution < 1.29 is 39.3 Å². The van der Waals surface area contributed by atoms with E-state index in [0.717, 1.165) is 0 Å². The molecule has 0 aliphatic carbocycles. The highest BCUT2D eigenvalue weighted by molar-refractivity contribution is 5.95. The zero-order valence-electron chi connectivity index (χ0n) is 20.9. The number of nitrogens with two attached hydrogens (primary N) is 1. The van der Waals surface area contributed by atoms with E-state index < -0.39 is 66.2 Å². The molecule has 8 N–H and O–H groups in total. The SMILES string of the molecule is CCC(C)C(N)C(=O)NC(CC(=O)O)C(=O)NC(C(=O)NC(Cc1ccc(O)cc1)C(=O)O)C(C)C. The molecule has 36 heavy (non-hydrogen) atoms. The molecule has 1 aromatic rings. The Labute approximate surface area is 209 Å². The van der Waals surface area contributed by atoms with Gasteiger partial charge in [-0.2, -0.15) is 0 Å². The molecule has 200 valence electrons. The average molecular weight is 509 g/mol. The van der Waals surface area contributed by atoms with Crippen molar-refractivity contribution in [1.82, 2.24) is 16.0 Å². The highest BCUT2D eigenvalue weighted by atomic mass is 16.4. The van der Waals surface area contributed by atoms with Crippen molar-refractivity contribution in [3.05, 3.63) is 29.8 Å². The molecule has 12 nitrogen and oxygen atoms in total. The molecular formula is C24H36N4O8. The Balaban J connectivity index is 2.99. The van der Waals surface area contributed by atoms with Crippen molar-refractivity contribution in [3.63, 3.8) is 0 Å². The zero-order chi connectivity index (χ0) is 27.6. The lowest BCUT2D eigenvalue weighted by molar-refractivity contribution is -0.143. The maximum Gasteiger partial charge on any atom is 0.326 e. The van der Waals surface area contributed by atoms with E-state index in [9.17, 15) is 39.3 Å². The number of hydrogen-bond acceptors (Lipinski definition) is 7. The second-order valence-corrected chi connectivity index (χ2v) is 9.07. The van der Waals surface area contributed by atoms with Gasteiger partial charge in [-0.15, -0.1) is 0 Å². The molecule has 0 spiro atoms. The summed E-state index contributed by atoms with van der Waals surface area (Å²) >= 11 is 0. The van der Waals surface area contributed by atoms with Gasteiger partial charge >= 0.3 is 11.9 Å². The Kier molecular flexibility index (Phi) is 11.8. The first kappa shape index (κ1) is 30.4. The topological polar surface area (TPSA) is 208 Å². The summed E-state index contributed by atoms with van der Waals surface area (Å²) in [5.74, 6) is -5.77. The van der Waals surface area contributed by atoms with E-state index in [4.69, 9.17) is 5.73 Å². The molecule has 12 heteroatoms. The van der Waals surface area contributed by atoms with Crippen LogP contribution in [0.5, 0.6) is 5.75 Å². The van der Waals surface area contributed by atoms with Crippen LogP contribution in [-0.2, 0) is 30.4 Å². The fourth-order valence-electron chi connectivity index (χ4n) is 3.28. The number of benzene rings is 1. The molecule has 0 heterocycles. The second kappa shape index (κ2) is 14.0. The Bertz CT molecular complexity index is 935. The summed E-state index contributed by atoms with van der Waals surface area (Å²) in [6.07, 6.45) is -0.226. The Morgan fingerprint density at radius 2 is 1.42 bits per heavy atom. The van der Waals surface area contributed by atoms with Crippen LogP contribution in [0, 0.1) is 11.8 Å². The number of hydrogen-bond donors (Lipinski definition) is 7. The number of aliphatic carboxylic acids is 2. The maximum atomic E-state index is 12.9. The minimum Gasteiger partial charge on any atom is -0.508 e. The van der Waals surface area contributed by atoms with E-state index in [1.54, 1.807) is 20.8 Å². The van der Waals surface area contributed by atoms with Gasteiger partial charge in [0.25, 0.3) is 0 Å². The van der Waals surface area contributed by atoms with E-state index >= 15 is 0 Å². The van der Waals surface area contributed by atoms with Crippen LogP contribution in [-0.4, -0.2) is 69.1 Å². The molecular weight excluding hydrogens is 472 g/mol. The Morgan fingerprint density at radius 1 is 0.861 bits per heavy atom. The summed E-state index contributed by atoms with van der Waals surface area (Å²) in [6, 6.07) is 0.809. The molecule has 0 radical (unpaired) electrons. The highest BCUT2D eigenvalue weighted by Gasteiger charge is 2.33. The summed E-state index contributed by atoms with van der Waals surface area (Å²) < 4.78 is 0. The van der Waals surface area contributed by atoms with Gasteiger partial charge in [0.15, 0.2) is 0 Å². The number of amides is 3. The molecule has 0 bridgehead atoms. The van der Waals surface area contributed by atoms with Crippen molar-refractivity contribution >= 4 is 29.7 Å². The zero-order valence-corrected chi connectivity index (χ0v) is 20.9. The van der Waals surface area contributed by atoms with Crippen LogP contribution in [0.1, 0.15) is 46.1 Å². The van der Waals surface area contributed by atoms with Crippen LogP contribution in [0.4, 0.5) is 0 Å². The minimum absolute atomic E-state index is 0.00496. The van der Waals surface area contributed by atoms with E-state index in [1.807, 2.05) is 6.92 Å². The van der Waals surface area contributed by atoms with Gasteiger partial charge in [-0.1, -0.05) is 46.2 Å². The molecule has 0 saturated heterocycles. The van der Waals surface area contributed by atoms with Crippen LogP contribution < -0.4 is 21.7 Å². The van der Waals surface area contributed by atoms with Gasteiger partial charge in [0.1, 0.15) is 23.9 Å². The second-order valence-electron chi connectivity index (χ2n) is 9.07. The number of nitrogens with one attached hydrogen (secondary N) is 3. The van der Waals surface area contributed by atoms with Crippen LogP contribution in [0.25, 0.3) is 0 Å². The van der Waals surface area contributed by atoms with Gasteiger partial charge in [-0.3, -0.25) is 19.2 Å². The molecule has 3 amide bonds. The average Bonchev–Trinajstić information content (AvgIpc) is 2.80. The highest BCUT2D eigenvalue weighted by Crippen LogP contribution is 2.12. The number of carboxylic acids is 2. The molecule has 0 saturated carbocycles. The monoisotopic (exact) mass is 508 g/mol. The molecule has 0 aromatic heterocycles. The summed E-state index contributed by atoms with van der Waals surface area (Å²) in [6.45, 7) is 6.80. The Hall–Kier alpha value is -3.67. The van der Waals surface area contributed by atoms with Crippen molar-refractivity contribution in [1.29, 1.82) is 0 Å². The summed E-state index contributed by atoms with van der Waals surface area (Å²) in [7, 11) is 0. The van der Waals surface area contributed by atoms with Gasteiger partial charge in [0, 0.05) is 6.42 Å². The van der Waals surface area contributed by atoms with Crippen LogP contribution >= 0.6 is 0 Å². The molecule has 0 aliphatic rings. The first-order chi connectivity index (χ1) is 16.8. The standard InChI is InChI=1S/C24H36N4O8/c1-5-13(4)19(25)22(33)26-16(11-18(30)31)21(32)28-20(12(2)3)23(34)27-17(24(35)36)10-14-6-8-15(29)9-7-14/h6-9,12-13,16-17,19-20,29H,5,10-11,25H2,1-4H3,(H,26,33)(H,27,34)(H,28,32)(H,30,31)(H,35,36). The predicted molar refractivity (Wildman–Crippen MR) is 130 cm³/mol. The van der Waals surface area contributed by atoms with Gasteiger partial charge < -0.3 is 37.0 Å². The fourth-order valence-corrected chi connectivity index (χ4v) is 3.28. The van der Waals surface area contributed by atoms with Gasteiger partial charge in [0.05, 0.1) is 12.5 Å². The van der Waals surface area contributed by atoms with E-state index in [2.05, 4.69) is 16.0 Å². The normalized spacial score (nSPS) is 15.2. The quantitative estimate of drug-likeness (QED) is 0.180. The molecule has 5 unspecified atom stereocenters. The van der Waals surface area contributed by atoms with Crippen molar-refractivity contribution in [2.45, 2.75) is 71.1 Å². The Morgan fingerprint density at radius 3 is 1.89 bits per heavy atom. The molecule has 1 rings (SSSR count). The number of aromatic hydroxyl groups is 1. The number of phenolic OH excluding ortho intramolecular Hbond substituents is 1. The third-order valence-corrected chi connectivity index (χ3v) is 5.81. The van der Waals surface area contributed by atoms with E-state index in [0.29, 0.717) is 12.0 Å². The van der Waals surface area contributed by atoms with Gasteiger partial charge in [-0.25, -0.2) is 4.79 Å². The largest absolute Gasteiger partial charge is 0.508 e. The third-order valence-electron chi connectivity index (χ3n) is 5.81. The molecule has 1 aromatic carbocycles. The van der Waals surface area contributed by atoms with Gasteiger partial charge in [-0.05, 0) is 29.5 Å². The summed E-state index contributed by atoms with van der Waals surface area (Å²) in [5, 5.41) is 35.3. The van der Waals surface area contributed by atoms with E-state index in [1.165, 1.54) is 24.3 Å². The first-order valence-electron chi connectivity index (χ1n) is 11.7. The number of carbonyl (C=O) groups excluding carboxylic acids is 3. The first-order valence-corrected chi connectivity index (χ1v) is 11.7. The number of carboxylic acid groups (broad SMARTS) is 2. The van der Waals surface area contributed by atoms with Crippen molar-refractivity contribution in [3.8, 4) is 5.75 Å². The molecule has 0 aliphatic heterocycles. The van der Waals surface area contributed by atoms with Crippen LogP contribution in [0.2, 0.25) is 0 Å². The smallest absolute Gasteiger partial charge is 0.326 e. The maximum absolute atomic E-state index is 12.9. The predicted octanol–water partition coefficient (Wildman–Crippen LogP) is -0.0222. The third kappa shape index (κ3) is 9.53. The number of rotatable bonds is 14. The molecule has 5 atom stereocenters. The van der Waals surface area contributed by atoms with Crippen LogP contribution in [0.3, 0.4) is 0 Å². The van der Waals surface area contributed by atoms with Crippen LogP contribution in [0.15, 0.2) is 24.3 Å². The van der Waals surface area contributed by atoms with Crippen molar-refractivity contribution in [2.75, 3.05) is 0 Å². The minimum atomic E-state index is -1.49. The van der Waals surface area contributed by atoms with Gasteiger partial charge in [0.2, 0.25) is 17.7 Å². The lowest BCUT2D eigenvalue weighted by Crippen LogP contribution is -2.59. The fraction of sp³-hybridized carbons (Fsp3) is 0.542. The number of carbonyl (C=O) groups is 5. The van der Waals surface area contributed by atoms with Crippen molar-refractivity contribution in [2.24, 2.45) is 17.6 Å². The summed E-state index contributed by atoms with van der Waals surface area (Å²) in [4.78, 5) is 61.3. The lowest BCUT2D eigenvalue weighted by Gasteiger charge is -2.27. The molecule has 0 fully saturated rings.